The van der Waals surface area contributed by atoms with E-state index in [2.05, 4.69) is 19.6 Å². The Kier molecular flexibility index (Phi) is 5.31. The van der Waals surface area contributed by atoms with Crippen molar-refractivity contribution in [2.75, 3.05) is 13.1 Å². The summed E-state index contributed by atoms with van der Waals surface area (Å²) in [7, 11) is 0. The van der Waals surface area contributed by atoms with Crippen LogP contribution in [0.15, 0.2) is 41.1 Å². The van der Waals surface area contributed by atoms with Crippen LogP contribution in [0.2, 0.25) is 0 Å². The van der Waals surface area contributed by atoms with Gasteiger partial charge in [0.25, 0.3) is 5.82 Å². The summed E-state index contributed by atoms with van der Waals surface area (Å²) in [6, 6.07) is 7.08. The van der Waals surface area contributed by atoms with Gasteiger partial charge in [0.2, 0.25) is 11.8 Å². The predicted octanol–water partition coefficient (Wildman–Crippen LogP) is 2.65. The van der Waals surface area contributed by atoms with Crippen LogP contribution in [0.4, 0.5) is 17.6 Å². The summed E-state index contributed by atoms with van der Waals surface area (Å²) in [5, 5.41) is 2.91. The third-order valence-electron chi connectivity index (χ3n) is 4.57. The largest absolute Gasteiger partial charge is 0.486 e. The van der Waals surface area contributed by atoms with Gasteiger partial charge >= 0.3 is 6.18 Å². The smallest absolute Gasteiger partial charge is 0.455 e. The van der Waals surface area contributed by atoms with Crippen LogP contribution in [-0.2, 0) is 12.7 Å². The first-order chi connectivity index (χ1) is 14.7. The van der Waals surface area contributed by atoms with E-state index in [1.54, 1.807) is 17.0 Å². The molecule has 31 heavy (non-hydrogen) atoms. The first-order valence-corrected chi connectivity index (χ1v) is 9.03. The molecule has 3 aromatic rings. The third-order valence-corrected chi connectivity index (χ3v) is 4.57. The highest BCUT2D eigenvalue weighted by atomic mass is 19.4. The molecule has 1 aliphatic heterocycles. The van der Waals surface area contributed by atoms with Crippen molar-refractivity contribution < 1.29 is 31.6 Å². The van der Waals surface area contributed by atoms with Crippen LogP contribution < -0.4 is 10.5 Å². The second-order valence-electron chi connectivity index (χ2n) is 6.88. The second-order valence-corrected chi connectivity index (χ2v) is 6.88. The molecular formula is C19H15F4N5O3. The molecule has 2 aromatic heterocycles. The maximum Gasteiger partial charge on any atom is 0.455 e. The number of benzene rings is 1. The monoisotopic (exact) mass is 437 g/mol. The number of primary amides is 1. The molecule has 162 valence electrons. The molecule has 1 amide bonds. The molecule has 4 rings (SSSR count). The van der Waals surface area contributed by atoms with Gasteiger partial charge in [-0.3, -0.25) is 14.7 Å². The number of rotatable bonds is 6. The Balaban J connectivity index is 1.31. The quantitative estimate of drug-likeness (QED) is 0.591. The number of hydrogen-bond donors (Lipinski definition) is 1. The number of likely N-dealkylation sites (tertiary alicyclic amines) is 1. The zero-order valence-corrected chi connectivity index (χ0v) is 15.8. The highest BCUT2D eigenvalue weighted by Gasteiger charge is 2.38. The number of ether oxygens (including phenoxy) is 1. The minimum absolute atomic E-state index is 0.0610. The molecule has 2 N–H and O–H groups in total. The number of alkyl halides is 3. The average molecular weight is 437 g/mol. The van der Waals surface area contributed by atoms with Crippen molar-refractivity contribution in [3.05, 3.63) is 59.6 Å². The fourth-order valence-electron chi connectivity index (χ4n) is 3.03. The van der Waals surface area contributed by atoms with E-state index >= 15 is 0 Å². The molecule has 1 aliphatic rings. The number of hydrogen-bond acceptors (Lipinski definition) is 7. The molecule has 12 heteroatoms. The van der Waals surface area contributed by atoms with E-state index in [0.29, 0.717) is 24.5 Å². The van der Waals surface area contributed by atoms with Crippen molar-refractivity contribution in [2.45, 2.75) is 18.8 Å². The number of nitrogens with zero attached hydrogens (tertiary/aromatic N) is 4. The summed E-state index contributed by atoms with van der Waals surface area (Å²) in [5.41, 5.74) is 5.76. The zero-order valence-electron chi connectivity index (χ0n) is 15.8. The lowest BCUT2D eigenvalue weighted by Crippen LogP contribution is -2.53. The Morgan fingerprint density at radius 2 is 2.03 bits per heavy atom. The van der Waals surface area contributed by atoms with Gasteiger partial charge in [0.05, 0.1) is 18.4 Å². The van der Waals surface area contributed by atoms with Crippen LogP contribution in [0.25, 0.3) is 11.3 Å². The molecule has 0 unspecified atom stereocenters. The van der Waals surface area contributed by atoms with Crippen LogP contribution in [0.5, 0.6) is 5.75 Å². The summed E-state index contributed by atoms with van der Waals surface area (Å²) in [4.78, 5) is 20.4. The normalized spacial score (nSPS) is 15.0. The Hall–Kier alpha value is -3.54. The SMILES string of the molecule is NC(=O)c1ccc(-c2ccc(OC3CN(Cc4nc(C(F)(F)F)no4)C3)cn2)c(F)c1. The second kappa shape index (κ2) is 7.95. The average Bonchev–Trinajstić information content (AvgIpc) is 3.16. The van der Waals surface area contributed by atoms with Crippen molar-refractivity contribution in [1.29, 1.82) is 0 Å². The van der Waals surface area contributed by atoms with E-state index < -0.39 is 23.7 Å². The van der Waals surface area contributed by atoms with Gasteiger partial charge in [-0.05, 0) is 30.3 Å². The molecular weight excluding hydrogens is 422 g/mol. The molecule has 1 saturated heterocycles. The van der Waals surface area contributed by atoms with Gasteiger partial charge in [-0.15, -0.1) is 0 Å². The maximum atomic E-state index is 14.2. The molecule has 0 aliphatic carbocycles. The van der Waals surface area contributed by atoms with E-state index in [0.717, 1.165) is 6.07 Å². The molecule has 1 fully saturated rings. The highest BCUT2D eigenvalue weighted by molar-refractivity contribution is 5.93. The lowest BCUT2D eigenvalue weighted by Gasteiger charge is -2.37. The molecule has 0 saturated carbocycles. The summed E-state index contributed by atoms with van der Waals surface area (Å²) in [6.07, 6.45) is -3.40. The van der Waals surface area contributed by atoms with Gasteiger partial charge in [0.15, 0.2) is 0 Å². The van der Waals surface area contributed by atoms with Crippen molar-refractivity contribution in [3.63, 3.8) is 0 Å². The first kappa shape index (κ1) is 20.7. The van der Waals surface area contributed by atoms with Crippen LogP contribution in [0.1, 0.15) is 22.1 Å². The lowest BCUT2D eigenvalue weighted by molar-refractivity contribution is -0.146. The van der Waals surface area contributed by atoms with E-state index in [4.69, 9.17) is 10.5 Å². The Morgan fingerprint density at radius 3 is 2.61 bits per heavy atom. The number of amides is 1. The Morgan fingerprint density at radius 1 is 1.26 bits per heavy atom. The van der Waals surface area contributed by atoms with Crippen molar-refractivity contribution in [1.82, 2.24) is 20.0 Å². The Bertz CT molecular complexity index is 1090. The lowest BCUT2D eigenvalue weighted by atomic mass is 10.1. The van der Waals surface area contributed by atoms with Gasteiger partial charge < -0.3 is 15.0 Å². The Labute approximate surface area is 172 Å². The first-order valence-electron chi connectivity index (χ1n) is 9.03. The summed E-state index contributed by atoms with van der Waals surface area (Å²) in [6.45, 7) is 0.990. The maximum absolute atomic E-state index is 14.2. The van der Waals surface area contributed by atoms with Crippen LogP contribution in [0, 0.1) is 5.82 Å². The van der Waals surface area contributed by atoms with Gasteiger partial charge in [-0.1, -0.05) is 5.16 Å². The van der Waals surface area contributed by atoms with Crippen molar-refractivity contribution in [3.8, 4) is 17.0 Å². The minimum atomic E-state index is -4.64. The third kappa shape index (κ3) is 4.63. The van der Waals surface area contributed by atoms with Gasteiger partial charge in [-0.25, -0.2) is 4.39 Å². The number of carbonyl (C=O) groups is 1. The van der Waals surface area contributed by atoms with E-state index in [-0.39, 0.29) is 29.7 Å². The zero-order chi connectivity index (χ0) is 22.2. The number of aromatic nitrogens is 3. The highest BCUT2D eigenvalue weighted by Crippen LogP contribution is 2.27. The molecule has 0 bridgehead atoms. The molecule has 0 spiro atoms. The van der Waals surface area contributed by atoms with Crippen molar-refractivity contribution >= 4 is 5.91 Å². The number of pyridine rings is 1. The van der Waals surface area contributed by atoms with E-state index in [9.17, 15) is 22.4 Å². The molecule has 8 nitrogen and oxygen atoms in total. The number of halogens is 4. The molecule has 3 heterocycles. The van der Waals surface area contributed by atoms with Crippen LogP contribution >= 0.6 is 0 Å². The minimum Gasteiger partial charge on any atom is -0.486 e. The van der Waals surface area contributed by atoms with E-state index in [1.807, 2.05) is 0 Å². The van der Waals surface area contributed by atoms with Gasteiger partial charge in [-0.2, -0.15) is 18.2 Å². The van der Waals surface area contributed by atoms with Crippen LogP contribution in [0.3, 0.4) is 0 Å². The molecule has 0 radical (unpaired) electrons. The fraction of sp³-hybridized carbons (Fsp3) is 0.263. The van der Waals surface area contributed by atoms with Gasteiger partial charge in [0, 0.05) is 24.2 Å². The number of nitrogens with two attached hydrogens (primary N) is 1. The van der Waals surface area contributed by atoms with Gasteiger partial charge in [0.1, 0.15) is 17.7 Å². The van der Waals surface area contributed by atoms with Crippen LogP contribution in [-0.4, -0.2) is 45.1 Å². The molecule has 1 aromatic carbocycles. The predicted molar refractivity (Wildman–Crippen MR) is 97.1 cm³/mol. The van der Waals surface area contributed by atoms with E-state index in [1.165, 1.54) is 18.3 Å². The molecule has 0 atom stereocenters. The fourth-order valence-corrected chi connectivity index (χ4v) is 3.03. The number of carbonyl (C=O) groups excluding carboxylic acids is 1. The van der Waals surface area contributed by atoms with Crippen molar-refractivity contribution in [2.24, 2.45) is 5.73 Å². The summed E-state index contributed by atoms with van der Waals surface area (Å²) in [5.74, 6) is -2.32. The standard InChI is InChI=1S/C19H15F4N5O3/c20-14-5-10(17(24)29)1-3-13(14)15-4-2-11(6-25-15)30-12-7-28(8-12)9-16-26-18(27-31-16)19(21,22)23/h1-6,12H,7-9H2,(H2,24,29). The summed E-state index contributed by atoms with van der Waals surface area (Å²) < 4.78 is 62.0. The summed E-state index contributed by atoms with van der Waals surface area (Å²) >= 11 is 0. The topological polar surface area (TPSA) is 107 Å².